The van der Waals surface area contributed by atoms with Crippen LogP contribution in [0.5, 0.6) is 0 Å². The third-order valence-electron chi connectivity index (χ3n) is 1.46. The summed E-state index contributed by atoms with van der Waals surface area (Å²) >= 11 is 0. The van der Waals surface area contributed by atoms with E-state index in [2.05, 4.69) is 11.8 Å². The minimum Gasteiger partial charge on any atom is -0.192 e. The highest BCUT2D eigenvalue weighted by Gasteiger charge is 1.87. The molecule has 0 aliphatic rings. The number of hydrogen-bond donors (Lipinski definition) is 0. The summed E-state index contributed by atoms with van der Waals surface area (Å²) in [5.74, 6) is 0. The fraction of sp³-hybridized carbons (Fsp3) is 0.0909. The first-order valence-corrected chi connectivity index (χ1v) is 3.74. The molecule has 0 aliphatic carbocycles. The molecule has 0 aliphatic heterocycles. The smallest absolute Gasteiger partial charge is 0.0991 e. The van der Waals surface area contributed by atoms with Gasteiger partial charge < -0.3 is 0 Å². The maximum atomic E-state index is 8.52. The van der Waals surface area contributed by atoms with Gasteiger partial charge in [-0.1, -0.05) is 12.1 Å². The van der Waals surface area contributed by atoms with Crippen molar-refractivity contribution in [2.24, 2.45) is 0 Å². The molecule has 1 nitrogen and oxygen atoms in total. The van der Waals surface area contributed by atoms with Crippen molar-refractivity contribution in [1.82, 2.24) is 0 Å². The van der Waals surface area contributed by atoms with Crippen molar-refractivity contribution in [3.05, 3.63) is 47.2 Å². The number of nitriles is 1. The minimum absolute atomic E-state index is 0.688. The first-order chi connectivity index (χ1) is 5.86. The van der Waals surface area contributed by atoms with Gasteiger partial charge in [-0.15, -0.1) is 5.73 Å². The van der Waals surface area contributed by atoms with E-state index in [0.29, 0.717) is 5.56 Å². The lowest BCUT2D eigenvalue weighted by atomic mass is 10.1. The molecule has 0 fully saturated rings. The van der Waals surface area contributed by atoms with Gasteiger partial charge in [0.2, 0.25) is 0 Å². The highest BCUT2D eigenvalue weighted by atomic mass is 14.2. The Morgan fingerprint density at radius 2 is 1.92 bits per heavy atom. The minimum atomic E-state index is 0.688. The van der Waals surface area contributed by atoms with Gasteiger partial charge in [-0.25, -0.2) is 0 Å². The highest BCUT2D eigenvalue weighted by molar-refractivity contribution is 5.50. The van der Waals surface area contributed by atoms with Gasteiger partial charge in [-0.05, 0) is 36.8 Å². The molecule has 58 valence electrons. The third-order valence-corrected chi connectivity index (χ3v) is 1.46. The normalized spacial score (nSPS) is 8.00. The molecular weight excluding hydrogens is 146 g/mol. The molecule has 0 radical (unpaired) electrons. The van der Waals surface area contributed by atoms with Gasteiger partial charge in [-0.2, -0.15) is 5.26 Å². The molecule has 0 spiro atoms. The van der Waals surface area contributed by atoms with Crippen LogP contribution in [-0.4, -0.2) is 0 Å². The highest BCUT2D eigenvalue weighted by Crippen LogP contribution is 2.03. The second-order valence-corrected chi connectivity index (χ2v) is 2.33. The van der Waals surface area contributed by atoms with Crippen LogP contribution in [-0.2, 0) is 0 Å². The van der Waals surface area contributed by atoms with Crippen molar-refractivity contribution in [2.45, 2.75) is 6.92 Å². The molecule has 1 aromatic rings. The van der Waals surface area contributed by atoms with E-state index in [-0.39, 0.29) is 0 Å². The maximum absolute atomic E-state index is 8.52. The fourth-order valence-electron chi connectivity index (χ4n) is 0.833. The second-order valence-electron chi connectivity index (χ2n) is 2.33. The molecular formula is C11H9N. The van der Waals surface area contributed by atoms with Crippen LogP contribution in [0.3, 0.4) is 0 Å². The summed E-state index contributed by atoms with van der Waals surface area (Å²) in [4.78, 5) is 0. The van der Waals surface area contributed by atoms with Crippen molar-refractivity contribution in [3.8, 4) is 6.07 Å². The zero-order chi connectivity index (χ0) is 8.81. The molecule has 0 unspecified atom stereocenters. The second kappa shape index (κ2) is 4.18. The lowest BCUT2D eigenvalue weighted by Crippen LogP contribution is -1.73. The summed E-state index contributed by atoms with van der Waals surface area (Å²) < 4.78 is 0. The van der Waals surface area contributed by atoms with Gasteiger partial charge in [0, 0.05) is 0 Å². The number of hydrogen-bond acceptors (Lipinski definition) is 1. The van der Waals surface area contributed by atoms with Crippen LogP contribution in [0.2, 0.25) is 0 Å². The summed E-state index contributed by atoms with van der Waals surface area (Å²) in [5, 5.41) is 8.52. The van der Waals surface area contributed by atoms with Gasteiger partial charge in [0.05, 0.1) is 11.6 Å². The van der Waals surface area contributed by atoms with Crippen LogP contribution in [0.4, 0.5) is 0 Å². The molecule has 0 saturated carbocycles. The number of benzene rings is 1. The Morgan fingerprint density at radius 1 is 1.25 bits per heavy atom. The van der Waals surface area contributed by atoms with E-state index >= 15 is 0 Å². The molecule has 0 saturated heterocycles. The largest absolute Gasteiger partial charge is 0.192 e. The van der Waals surface area contributed by atoms with Crippen molar-refractivity contribution in [3.63, 3.8) is 0 Å². The Hall–Kier alpha value is -1.77. The van der Waals surface area contributed by atoms with Gasteiger partial charge in [-0.3, -0.25) is 0 Å². The van der Waals surface area contributed by atoms with Gasteiger partial charge >= 0.3 is 0 Å². The van der Waals surface area contributed by atoms with Crippen LogP contribution in [0.15, 0.2) is 36.1 Å². The van der Waals surface area contributed by atoms with Crippen molar-refractivity contribution < 1.29 is 0 Å². The predicted molar refractivity (Wildman–Crippen MR) is 49.4 cm³/mol. The van der Waals surface area contributed by atoms with Crippen LogP contribution < -0.4 is 0 Å². The van der Waals surface area contributed by atoms with Crippen molar-refractivity contribution in [2.75, 3.05) is 0 Å². The molecule has 0 amide bonds. The standard InChI is InChI=1S/C11H9N/c1-2-3-4-10-5-7-11(9-12)8-6-10/h2,4-8H,1H3. The number of nitrogens with zero attached hydrogens (tertiary/aromatic N) is 1. The molecule has 0 atom stereocenters. The third kappa shape index (κ3) is 2.12. The molecule has 1 heteroatoms. The molecule has 12 heavy (non-hydrogen) atoms. The first-order valence-electron chi connectivity index (χ1n) is 3.74. The van der Waals surface area contributed by atoms with Gasteiger partial charge in [0.1, 0.15) is 0 Å². The predicted octanol–water partition coefficient (Wildman–Crippen LogP) is 2.75. The summed E-state index contributed by atoms with van der Waals surface area (Å²) in [6, 6.07) is 9.45. The summed E-state index contributed by atoms with van der Waals surface area (Å²) in [7, 11) is 0. The molecule has 0 N–H and O–H groups in total. The van der Waals surface area contributed by atoms with E-state index in [1.807, 2.05) is 31.2 Å². The van der Waals surface area contributed by atoms with E-state index in [0.717, 1.165) is 5.56 Å². The Morgan fingerprint density at radius 3 is 2.42 bits per heavy atom. The SMILES string of the molecule is CC=C=Cc1ccc(C#N)cc1. The topological polar surface area (TPSA) is 23.8 Å². The molecule has 0 bridgehead atoms. The molecule has 0 aromatic heterocycles. The Labute approximate surface area is 72.3 Å². The lowest BCUT2D eigenvalue weighted by Gasteiger charge is -1.89. The van der Waals surface area contributed by atoms with Crippen molar-refractivity contribution >= 4 is 6.08 Å². The van der Waals surface area contributed by atoms with E-state index in [9.17, 15) is 0 Å². The summed E-state index contributed by atoms with van der Waals surface area (Å²) in [5.41, 5.74) is 4.72. The zero-order valence-corrected chi connectivity index (χ0v) is 6.91. The van der Waals surface area contributed by atoms with Crippen molar-refractivity contribution in [1.29, 1.82) is 5.26 Å². The van der Waals surface area contributed by atoms with Gasteiger partial charge in [0.25, 0.3) is 0 Å². The number of rotatable bonds is 1. The summed E-state index contributed by atoms with van der Waals surface area (Å²) in [6.07, 6.45) is 3.72. The van der Waals surface area contributed by atoms with Crippen LogP contribution >= 0.6 is 0 Å². The quantitative estimate of drug-likeness (QED) is 0.572. The molecule has 0 heterocycles. The maximum Gasteiger partial charge on any atom is 0.0991 e. The van der Waals surface area contributed by atoms with Crippen LogP contribution in [0.25, 0.3) is 6.08 Å². The van der Waals surface area contributed by atoms with E-state index in [4.69, 9.17) is 5.26 Å². The average molecular weight is 155 g/mol. The van der Waals surface area contributed by atoms with Crippen LogP contribution in [0.1, 0.15) is 18.1 Å². The number of allylic oxidation sites excluding steroid dienone is 1. The zero-order valence-electron chi connectivity index (χ0n) is 6.91. The lowest BCUT2D eigenvalue weighted by molar-refractivity contribution is 1.48. The van der Waals surface area contributed by atoms with Crippen LogP contribution in [0, 0.1) is 11.3 Å². The monoisotopic (exact) mass is 155 g/mol. The Bertz CT molecular complexity index is 346. The fourth-order valence-corrected chi connectivity index (χ4v) is 0.833. The average Bonchev–Trinajstić information content (AvgIpc) is 2.15. The van der Waals surface area contributed by atoms with E-state index in [1.165, 1.54) is 0 Å². The Kier molecular flexibility index (Phi) is 2.90. The summed E-state index contributed by atoms with van der Waals surface area (Å²) in [6.45, 7) is 1.92. The first kappa shape index (κ1) is 8.33. The molecule has 1 aromatic carbocycles. The Balaban J connectivity index is 2.94. The van der Waals surface area contributed by atoms with Gasteiger partial charge in [0.15, 0.2) is 0 Å². The van der Waals surface area contributed by atoms with E-state index in [1.54, 1.807) is 12.1 Å². The van der Waals surface area contributed by atoms with E-state index < -0.39 is 0 Å². The molecule has 1 rings (SSSR count).